The fourth-order valence-electron chi connectivity index (χ4n) is 3.68. The highest BCUT2D eigenvalue weighted by molar-refractivity contribution is 7.90. The molecule has 4 rings (SSSR count). The molecule has 0 N–H and O–H groups in total. The third-order valence-corrected chi connectivity index (χ3v) is 7.36. The van der Waals surface area contributed by atoms with E-state index in [9.17, 15) is 8.42 Å². The van der Waals surface area contributed by atoms with Gasteiger partial charge < -0.3 is 14.2 Å². The summed E-state index contributed by atoms with van der Waals surface area (Å²) in [5.74, 6) is 1.30. The van der Waals surface area contributed by atoms with Crippen LogP contribution in [0, 0.1) is 4.64 Å². The molecule has 0 aliphatic carbocycles. The summed E-state index contributed by atoms with van der Waals surface area (Å²) in [5.41, 5.74) is 1.85. The number of pyridine rings is 1. The van der Waals surface area contributed by atoms with Gasteiger partial charge in [0.25, 0.3) is 0 Å². The minimum atomic E-state index is -3.26. The Kier molecular flexibility index (Phi) is 7.02. The first-order chi connectivity index (χ1) is 15.7. The number of nitrogens with zero attached hydrogens (tertiary/aromatic N) is 4. The Morgan fingerprint density at radius 3 is 2.36 bits per heavy atom. The summed E-state index contributed by atoms with van der Waals surface area (Å²) in [6, 6.07) is 8.25. The summed E-state index contributed by atoms with van der Waals surface area (Å²) in [5, 5.41) is 0.441. The Hall–Kier alpha value is -2.49. The second kappa shape index (κ2) is 9.79. The van der Waals surface area contributed by atoms with E-state index in [1.165, 1.54) is 6.26 Å². The topological polar surface area (TPSA) is 77.3 Å². The van der Waals surface area contributed by atoms with Gasteiger partial charge in [-0.15, -0.1) is 0 Å². The lowest BCUT2D eigenvalue weighted by molar-refractivity contribution is 0.170. The van der Waals surface area contributed by atoms with E-state index < -0.39 is 9.84 Å². The van der Waals surface area contributed by atoms with Crippen LogP contribution in [0.4, 0.5) is 5.95 Å². The number of aryl methyl sites for hydroxylation is 1. The van der Waals surface area contributed by atoms with Gasteiger partial charge >= 0.3 is 0 Å². The van der Waals surface area contributed by atoms with Crippen LogP contribution in [-0.4, -0.2) is 48.4 Å². The van der Waals surface area contributed by atoms with Crippen LogP contribution in [0.3, 0.4) is 0 Å². The Labute approximate surface area is 203 Å². The first-order valence-corrected chi connectivity index (χ1v) is 13.4. The predicted molar refractivity (Wildman–Crippen MR) is 132 cm³/mol. The quantitative estimate of drug-likeness (QED) is 0.451. The number of ether oxygens (including phenoxy) is 1. The lowest BCUT2D eigenvalue weighted by Crippen LogP contribution is -2.39. The van der Waals surface area contributed by atoms with Crippen LogP contribution in [-0.2, 0) is 16.3 Å². The van der Waals surface area contributed by atoms with Gasteiger partial charge in [0.05, 0.1) is 9.92 Å². The van der Waals surface area contributed by atoms with E-state index >= 15 is 0 Å². The zero-order valence-electron chi connectivity index (χ0n) is 18.4. The summed E-state index contributed by atoms with van der Waals surface area (Å²) in [6.07, 6.45) is 9.22. The normalized spacial score (nSPS) is 14.9. The Morgan fingerprint density at radius 2 is 1.79 bits per heavy atom. The number of rotatable bonds is 6. The fraction of sp³-hybridized carbons (Fsp3) is 0.348. The molecule has 3 aromatic rings. The van der Waals surface area contributed by atoms with Gasteiger partial charge in [-0.3, -0.25) is 0 Å². The first-order valence-electron chi connectivity index (χ1n) is 10.7. The summed E-state index contributed by atoms with van der Waals surface area (Å²) >= 11 is 12.0. The molecule has 1 saturated heterocycles. The van der Waals surface area contributed by atoms with Crippen LogP contribution in [0.1, 0.15) is 25.3 Å². The maximum absolute atomic E-state index is 11.7. The van der Waals surface area contributed by atoms with Gasteiger partial charge in [-0.2, -0.15) is 0 Å². The maximum Gasteiger partial charge on any atom is 0.225 e. The number of sulfone groups is 1. The predicted octanol–water partition coefficient (Wildman–Crippen LogP) is 4.66. The standard InChI is InChI=1S/C23H25ClN4O3S2/c1-3-16-13-25-23(26-14-16)27-10-8-18(9-11-27)31-21-12-22(32)28(15-20(21)24)17-4-6-19(7-5-17)33(2,29)30/h4-7,12-15,18H,3,8-11H2,1-2H3. The van der Waals surface area contributed by atoms with Crippen molar-refractivity contribution in [1.82, 2.24) is 14.5 Å². The summed E-state index contributed by atoms with van der Waals surface area (Å²) in [6.45, 7) is 3.68. The van der Waals surface area contributed by atoms with E-state index in [-0.39, 0.29) is 11.0 Å². The molecule has 1 aromatic carbocycles. The number of hydrogen-bond donors (Lipinski definition) is 0. The summed E-state index contributed by atoms with van der Waals surface area (Å²) < 4.78 is 31.8. The lowest BCUT2D eigenvalue weighted by Gasteiger charge is -2.32. The molecule has 2 aromatic heterocycles. The minimum absolute atomic E-state index is 0.0213. The van der Waals surface area contributed by atoms with E-state index in [1.54, 1.807) is 41.1 Å². The molecular weight excluding hydrogens is 480 g/mol. The fourth-order valence-corrected chi connectivity index (χ4v) is 4.78. The number of halogens is 1. The number of aromatic nitrogens is 3. The second-order valence-corrected chi connectivity index (χ2v) is 10.9. The van der Waals surface area contributed by atoms with Crippen molar-refractivity contribution >= 4 is 39.6 Å². The molecule has 0 saturated carbocycles. The zero-order valence-corrected chi connectivity index (χ0v) is 20.8. The monoisotopic (exact) mass is 504 g/mol. The van der Waals surface area contributed by atoms with Gasteiger partial charge in [-0.05, 0) is 36.2 Å². The number of anilines is 1. The largest absolute Gasteiger partial charge is 0.489 e. The van der Waals surface area contributed by atoms with Gasteiger partial charge in [0, 0.05) is 62.5 Å². The van der Waals surface area contributed by atoms with Crippen LogP contribution in [0.5, 0.6) is 5.75 Å². The zero-order chi connectivity index (χ0) is 23.6. The Morgan fingerprint density at radius 1 is 1.15 bits per heavy atom. The van der Waals surface area contributed by atoms with Crippen LogP contribution < -0.4 is 9.64 Å². The van der Waals surface area contributed by atoms with Gasteiger partial charge in [-0.25, -0.2) is 18.4 Å². The maximum atomic E-state index is 11.7. The molecule has 1 aliphatic heterocycles. The van der Waals surface area contributed by atoms with Crippen LogP contribution >= 0.6 is 23.8 Å². The third kappa shape index (κ3) is 5.54. The molecule has 0 amide bonds. The van der Waals surface area contributed by atoms with E-state index in [0.29, 0.717) is 15.4 Å². The van der Waals surface area contributed by atoms with Crippen molar-refractivity contribution in [2.75, 3.05) is 24.2 Å². The molecule has 0 atom stereocenters. The SMILES string of the molecule is CCc1cnc(N2CCC(Oc3cc(=S)n(-c4ccc(S(C)(=O)=O)cc4)cc3Cl)CC2)nc1. The molecule has 0 bridgehead atoms. The van der Waals surface area contributed by atoms with Gasteiger partial charge in [0.15, 0.2) is 9.84 Å². The van der Waals surface area contributed by atoms with Gasteiger partial charge in [0.1, 0.15) is 16.5 Å². The highest BCUT2D eigenvalue weighted by Crippen LogP contribution is 2.29. The molecule has 10 heteroatoms. The van der Waals surface area contributed by atoms with Gasteiger partial charge in [0.2, 0.25) is 5.95 Å². The highest BCUT2D eigenvalue weighted by atomic mass is 35.5. The van der Waals surface area contributed by atoms with E-state index in [4.69, 9.17) is 28.6 Å². The van der Waals surface area contributed by atoms with E-state index in [1.807, 2.05) is 12.4 Å². The molecular formula is C23H25ClN4O3S2. The van der Waals surface area contributed by atoms with Gasteiger partial charge in [-0.1, -0.05) is 30.7 Å². The average molecular weight is 505 g/mol. The van der Waals surface area contributed by atoms with Crippen LogP contribution in [0.2, 0.25) is 5.02 Å². The summed E-state index contributed by atoms with van der Waals surface area (Å²) in [7, 11) is -3.26. The molecule has 1 aliphatic rings. The Bertz CT molecular complexity index is 1280. The summed E-state index contributed by atoms with van der Waals surface area (Å²) in [4.78, 5) is 11.4. The van der Waals surface area contributed by atoms with Crippen molar-refractivity contribution in [3.63, 3.8) is 0 Å². The van der Waals surface area contributed by atoms with E-state index in [2.05, 4.69) is 21.8 Å². The molecule has 0 spiro atoms. The Balaban J connectivity index is 1.43. The van der Waals surface area contributed by atoms with Crippen molar-refractivity contribution in [2.24, 2.45) is 0 Å². The molecule has 0 radical (unpaired) electrons. The van der Waals surface area contributed by atoms with Crippen molar-refractivity contribution in [3.05, 3.63) is 64.1 Å². The number of benzene rings is 1. The van der Waals surface area contributed by atoms with Crippen molar-refractivity contribution in [2.45, 2.75) is 37.2 Å². The van der Waals surface area contributed by atoms with E-state index in [0.717, 1.165) is 49.6 Å². The lowest BCUT2D eigenvalue weighted by atomic mass is 10.1. The molecule has 33 heavy (non-hydrogen) atoms. The molecule has 3 heterocycles. The molecule has 7 nitrogen and oxygen atoms in total. The van der Waals surface area contributed by atoms with Crippen molar-refractivity contribution in [1.29, 1.82) is 0 Å². The van der Waals surface area contributed by atoms with Crippen LogP contribution in [0.15, 0.2) is 53.8 Å². The number of piperidine rings is 1. The smallest absolute Gasteiger partial charge is 0.225 e. The number of hydrogen-bond acceptors (Lipinski definition) is 7. The van der Waals surface area contributed by atoms with Crippen molar-refractivity contribution in [3.8, 4) is 11.4 Å². The minimum Gasteiger partial charge on any atom is -0.489 e. The highest BCUT2D eigenvalue weighted by Gasteiger charge is 2.23. The molecule has 0 unspecified atom stereocenters. The molecule has 1 fully saturated rings. The van der Waals surface area contributed by atoms with Crippen LogP contribution in [0.25, 0.3) is 5.69 Å². The third-order valence-electron chi connectivity index (χ3n) is 5.63. The average Bonchev–Trinajstić information content (AvgIpc) is 2.81. The first kappa shape index (κ1) is 23.7. The second-order valence-electron chi connectivity index (χ2n) is 8.01. The molecule has 174 valence electrons. The van der Waals surface area contributed by atoms with Crippen molar-refractivity contribution < 1.29 is 13.2 Å².